The number of rotatable bonds is 6. The van der Waals surface area contributed by atoms with E-state index in [9.17, 15) is 8.94 Å². The molecule has 0 amide bonds. The van der Waals surface area contributed by atoms with Gasteiger partial charge in [0.15, 0.2) is 11.6 Å². The van der Waals surface area contributed by atoms with Crippen LogP contribution >= 0.6 is 15.9 Å². The van der Waals surface area contributed by atoms with Gasteiger partial charge in [0.2, 0.25) is 0 Å². The minimum Gasteiger partial charge on any atom is -0.598 e. The standard InChI is InChI=1S/C14H21BrFNO2S/c1-14(2,3)20(18)17-7-5-6-10-8-12(16)13(19-4)9-11(10)15/h8-9,17H,5-7H2,1-4H3/t20-/m0/s1. The lowest BCUT2D eigenvalue weighted by Gasteiger charge is -2.23. The number of nitrogens with one attached hydrogen (secondary N) is 1. The molecule has 0 radical (unpaired) electrons. The third kappa shape index (κ3) is 5.24. The third-order valence-electron chi connectivity index (χ3n) is 2.73. The van der Waals surface area contributed by atoms with Crippen LogP contribution in [0.15, 0.2) is 16.6 Å². The second-order valence-corrected chi connectivity index (χ2v) is 8.36. The fourth-order valence-electron chi connectivity index (χ4n) is 1.58. The Kier molecular flexibility index (Phi) is 6.78. The first-order chi connectivity index (χ1) is 9.25. The van der Waals surface area contributed by atoms with Crippen molar-refractivity contribution >= 4 is 27.3 Å². The molecule has 0 aliphatic heterocycles. The number of methoxy groups -OCH3 is 1. The van der Waals surface area contributed by atoms with Crippen molar-refractivity contribution in [2.75, 3.05) is 13.7 Å². The Morgan fingerprint density at radius 2 is 2.05 bits per heavy atom. The van der Waals surface area contributed by atoms with E-state index in [2.05, 4.69) is 20.7 Å². The van der Waals surface area contributed by atoms with E-state index in [-0.39, 0.29) is 16.3 Å². The van der Waals surface area contributed by atoms with E-state index in [4.69, 9.17) is 4.74 Å². The molecule has 0 saturated heterocycles. The highest BCUT2D eigenvalue weighted by molar-refractivity contribution is 9.10. The van der Waals surface area contributed by atoms with E-state index < -0.39 is 11.4 Å². The Labute approximate surface area is 131 Å². The largest absolute Gasteiger partial charge is 0.598 e. The maximum atomic E-state index is 13.6. The van der Waals surface area contributed by atoms with Gasteiger partial charge >= 0.3 is 0 Å². The molecular weight excluding hydrogens is 345 g/mol. The predicted molar refractivity (Wildman–Crippen MR) is 84.9 cm³/mol. The smallest absolute Gasteiger partial charge is 0.165 e. The topological polar surface area (TPSA) is 44.3 Å². The molecule has 0 aromatic heterocycles. The number of benzene rings is 1. The zero-order valence-corrected chi connectivity index (χ0v) is 14.7. The van der Waals surface area contributed by atoms with Crippen molar-refractivity contribution in [1.82, 2.24) is 4.72 Å². The van der Waals surface area contributed by atoms with Gasteiger partial charge in [-0.2, -0.15) is 0 Å². The molecule has 1 aromatic rings. The van der Waals surface area contributed by atoms with Gasteiger partial charge in [0, 0.05) is 22.4 Å². The summed E-state index contributed by atoms with van der Waals surface area (Å²) in [6, 6.07) is 3.11. The molecule has 6 heteroatoms. The molecular formula is C14H21BrFNO2S. The van der Waals surface area contributed by atoms with E-state index in [1.807, 2.05) is 20.8 Å². The zero-order valence-electron chi connectivity index (χ0n) is 12.3. The van der Waals surface area contributed by atoms with E-state index in [0.717, 1.165) is 16.5 Å². The van der Waals surface area contributed by atoms with Gasteiger partial charge in [-0.1, -0.05) is 15.9 Å². The Hall–Kier alpha value is -0.300. The molecule has 3 nitrogen and oxygen atoms in total. The van der Waals surface area contributed by atoms with Gasteiger partial charge in [0.05, 0.1) is 7.11 Å². The van der Waals surface area contributed by atoms with Gasteiger partial charge < -0.3 is 9.29 Å². The van der Waals surface area contributed by atoms with Crippen LogP contribution in [0, 0.1) is 5.82 Å². The fourth-order valence-corrected chi connectivity index (χ4v) is 2.86. The lowest BCUT2D eigenvalue weighted by molar-refractivity contribution is 0.385. The summed E-state index contributed by atoms with van der Waals surface area (Å²) in [6.07, 6.45) is 1.49. The third-order valence-corrected chi connectivity index (χ3v) is 5.05. The first kappa shape index (κ1) is 17.8. The fraction of sp³-hybridized carbons (Fsp3) is 0.571. The van der Waals surface area contributed by atoms with Crippen LogP contribution < -0.4 is 9.46 Å². The van der Waals surface area contributed by atoms with E-state index >= 15 is 0 Å². The van der Waals surface area contributed by atoms with Gasteiger partial charge in [0.25, 0.3) is 0 Å². The van der Waals surface area contributed by atoms with Crippen molar-refractivity contribution < 1.29 is 13.7 Å². The first-order valence-corrected chi connectivity index (χ1v) is 8.37. The molecule has 0 aliphatic rings. The molecule has 1 atom stereocenters. The van der Waals surface area contributed by atoms with E-state index in [0.29, 0.717) is 13.0 Å². The number of ether oxygens (including phenoxy) is 1. The Morgan fingerprint density at radius 1 is 1.40 bits per heavy atom. The number of hydrogen-bond acceptors (Lipinski definition) is 3. The highest BCUT2D eigenvalue weighted by Gasteiger charge is 2.25. The van der Waals surface area contributed by atoms with Gasteiger partial charge in [-0.25, -0.2) is 4.39 Å². The minimum atomic E-state index is -1.07. The quantitative estimate of drug-likeness (QED) is 0.618. The lowest BCUT2D eigenvalue weighted by Crippen LogP contribution is -2.39. The van der Waals surface area contributed by atoms with Crippen LogP contribution in [0.4, 0.5) is 4.39 Å². The first-order valence-electron chi connectivity index (χ1n) is 6.43. The highest BCUT2D eigenvalue weighted by atomic mass is 79.9. The van der Waals surface area contributed by atoms with Crippen molar-refractivity contribution in [3.05, 3.63) is 28.0 Å². The summed E-state index contributed by atoms with van der Waals surface area (Å²) in [5.74, 6) is -0.135. The lowest BCUT2D eigenvalue weighted by atomic mass is 10.1. The van der Waals surface area contributed by atoms with Crippen LogP contribution in [0.3, 0.4) is 0 Å². The number of halogens is 2. The van der Waals surface area contributed by atoms with Crippen LogP contribution in [-0.2, 0) is 17.8 Å². The predicted octanol–water partition coefficient (Wildman–Crippen LogP) is 3.58. The SMILES string of the molecule is COc1cc(Br)c(CCCN[S@@+]([O-])C(C)(C)C)cc1F. The van der Waals surface area contributed by atoms with Crippen molar-refractivity contribution in [3.63, 3.8) is 0 Å². The van der Waals surface area contributed by atoms with E-state index in [1.54, 1.807) is 6.07 Å². The summed E-state index contributed by atoms with van der Waals surface area (Å²) in [4.78, 5) is 0. The molecule has 0 aliphatic carbocycles. The second-order valence-electron chi connectivity index (χ2n) is 5.46. The molecule has 0 heterocycles. The van der Waals surface area contributed by atoms with Crippen LogP contribution in [-0.4, -0.2) is 23.0 Å². The van der Waals surface area contributed by atoms with Crippen molar-refractivity contribution in [1.29, 1.82) is 0 Å². The van der Waals surface area contributed by atoms with Crippen LogP contribution in [0.1, 0.15) is 32.8 Å². The molecule has 1 aromatic carbocycles. The van der Waals surface area contributed by atoms with E-state index in [1.165, 1.54) is 13.2 Å². The monoisotopic (exact) mass is 365 g/mol. The Morgan fingerprint density at radius 3 is 2.60 bits per heavy atom. The maximum absolute atomic E-state index is 13.6. The van der Waals surface area contributed by atoms with Crippen LogP contribution in [0.2, 0.25) is 0 Å². The Bertz CT molecular complexity index is 452. The summed E-state index contributed by atoms with van der Waals surface area (Å²) >= 11 is 2.34. The van der Waals surface area contributed by atoms with Gasteiger partial charge in [0.1, 0.15) is 4.75 Å². The van der Waals surface area contributed by atoms with Gasteiger partial charge in [-0.05, 0) is 51.3 Å². The summed E-state index contributed by atoms with van der Waals surface area (Å²) < 4.78 is 33.9. The number of hydrogen-bond donors (Lipinski definition) is 1. The molecule has 0 spiro atoms. The molecule has 0 fully saturated rings. The normalized spacial score (nSPS) is 13.3. The average Bonchev–Trinajstić information content (AvgIpc) is 2.36. The van der Waals surface area contributed by atoms with Gasteiger partial charge in [-0.15, -0.1) is 4.72 Å². The maximum Gasteiger partial charge on any atom is 0.165 e. The molecule has 0 saturated carbocycles. The zero-order chi connectivity index (χ0) is 15.3. The molecule has 0 bridgehead atoms. The van der Waals surface area contributed by atoms with Crippen LogP contribution in [0.25, 0.3) is 0 Å². The molecule has 0 unspecified atom stereocenters. The second kappa shape index (κ2) is 7.64. The molecule has 20 heavy (non-hydrogen) atoms. The molecule has 114 valence electrons. The number of aryl methyl sites for hydroxylation is 1. The summed E-state index contributed by atoms with van der Waals surface area (Å²) in [5, 5.41) is 0. The molecule has 1 N–H and O–H groups in total. The minimum absolute atomic E-state index is 0.229. The van der Waals surface area contributed by atoms with Crippen molar-refractivity contribution in [3.8, 4) is 5.75 Å². The molecule has 1 rings (SSSR count). The van der Waals surface area contributed by atoms with Crippen molar-refractivity contribution in [2.24, 2.45) is 0 Å². The average molecular weight is 366 g/mol. The summed E-state index contributed by atoms with van der Waals surface area (Å²) in [7, 11) is 1.44. The summed E-state index contributed by atoms with van der Waals surface area (Å²) in [6.45, 7) is 6.40. The summed E-state index contributed by atoms with van der Waals surface area (Å²) in [5.41, 5.74) is 0.881. The van der Waals surface area contributed by atoms with Crippen LogP contribution in [0.5, 0.6) is 5.75 Å². The highest BCUT2D eigenvalue weighted by Crippen LogP contribution is 2.27. The van der Waals surface area contributed by atoms with Gasteiger partial charge in [-0.3, -0.25) is 0 Å². The van der Waals surface area contributed by atoms with Crippen molar-refractivity contribution in [2.45, 2.75) is 38.4 Å². The Balaban J connectivity index is 2.49.